The molecule has 3 rings (SSSR count). The van der Waals surface area contributed by atoms with Gasteiger partial charge in [-0.05, 0) is 55.3 Å². The van der Waals surface area contributed by atoms with Crippen molar-refractivity contribution < 1.29 is 4.74 Å². The van der Waals surface area contributed by atoms with Crippen LogP contribution in [0.5, 0.6) is 11.6 Å². The van der Waals surface area contributed by atoms with Gasteiger partial charge in [-0.3, -0.25) is 0 Å². The molecule has 0 unspecified atom stereocenters. The first-order valence-electron chi connectivity index (χ1n) is 6.38. The highest BCUT2D eigenvalue weighted by Crippen LogP contribution is 2.28. The lowest BCUT2D eigenvalue weighted by Gasteiger charge is -2.09. The molecule has 2 aromatic carbocycles. The molecule has 0 aliphatic rings. The number of rotatable bonds is 2. The lowest BCUT2D eigenvalue weighted by molar-refractivity contribution is 0.467. The van der Waals surface area contributed by atoms with Crippen molar-refractivity contribution in [2.24, 2.45) is 0 Å². The molecular weight excluding hydrogens is 250 g/mol. The summed E-state index contributed by atoms with van der Waals surface area (Å²) in [7, 11) is 0. The second-order valence-corrected chi connectivity index (χ2v) is 4.88. The fraction of sp³-hybridized carbons (Fsp3) is 0.125. The summed E-state index contributed by atoms with van der Waals surface area (Å²) in [6, 6.07) is 11.6. The molecule has 3 aromatic rings. The third-order valence-corrected chi connectivity index (χ3v) is 3.03. The highest BCUT2D eigenvalue weighted by atomic mass is 16.5. The number of ether oxygens (including phenoxy) is 1. The molecule has 4 nitrogen and oxygen atoms in total. The van der Waals surface area contributed by atoms with Crippen molar-refractivity contribution in [3.8, 4) is 11.6 Å². The summed E-state index contributed by atoms with van der Waals surface area (Å²) in [5.41, 5.74) is 9.60. The first-order valence-corrected chi connectivity index (χ1v) is 6.38. The van der Waals surface area contributed by atoms with Gasteiger partial charge in [0.2, 0.25) is 5.88 Å². The Labute approximate surface area is 117 Å². The number of aromatic nitrogens is 2. The minimum absolute atomic E-state index is 0.521. The van der Waals surface area contributed by atoms with Crippen LogP contribution in [0.2, 0.25) is 0 Å². The maximum absolute atomic E-state index is 5.90. The van der Waals surface area contributed by atoms with Gasteiger partial charge in [0.1, 0.15) is 12.1 Å². The van der Waals surface area contributed by atoms with Gasteiger partial charge in [-0.1, -0.05) is 6.07 Å². The number of nitrogens with zero attached hydrogens (tertiary/aromatic N) is 2. The molecule has 20 heavy (non-hydrogen) atoms. The molecule has 0 radical (unpaired) electrons. The van der Waals surface area contributed by atoms with Gasteiger partial charge in [0.15, 0.2) is 0 Å². The predicted octanol–water partition coefficient (Wildman–Crippen LogP) is 3.62. The molecule has 1 aromatic heterocycles. The zero-order valence-electron chi connectivity index (χ0n) is 11.4. The monoisotopic (exact) mass is 265 g/mol. The molecule has 0 amide bonds. The average Bonchev–Trinajstić information content (AvgIpc) is 2.38. The van der Waals surface area contributed by atoms with E-state index in [1.165, 1.54) is 6.33 Å². The normalized spacial score (nSPS) is 10.7. The number of fused-ring (bicyclic) bond motifs is 1. The SMILES string of the molecule is Cc1cc(C)cc(Oc2ncnc3ccc(N)cc23)c1. The van der Waals surface area contributed by atoms with Crippen molar-refractivity contribution in [2.45, 2.75) is 13.8 Å². The van der Waals surface area contributed by atoms with Crippen LogP contribution in [-0.2, 0) is 0 Å². The van der Waals surface area contributed by atoms with Crippen molar-refractivity contribution in [1.29, 1.82) is 0 Å². The summed E-state index contributed by atoms with van der Waals surface area (Å²) >= 11 is 0. The van der Waals surface area contributed by atoms with Gasteiger partial charge in [-0.2, -0.15) is 0 Å². The van der Waals surface area contributed by atoms with E-state index < -0.39 is 0 Å². The van der Waals surface area contributed by atoms with Crippen molar-refractivity contribution >= 4 is 16.6 Å². The molecule has 0 fully saturated rings. The van der Waals surface area contributed by atoms with Crippen LogP contribution >= 0.6 is 0 Å². The van der Waals surface area contributed by atoms with E-state index in [4.69, 9.17) is 10.5 Å². The van der Waals surface area contributed by atoms with Crippen molar-refractivity contribution in [3.05, 3.63) is 53.9 Å². The van der Waals surface area contributed by atoms with Gasteiger partial charge in [0, 0.05) is 5.69 Å². The Morgan fingerprint density at radius 1 is 0.950 bits per heavy atom. The molecule has 0 saturated heterocycles. The summed E-state index contributed by atoms with van der Waals surface area (Å²) in [6.07, 6.45) is 1.50. The van der Waals surface area contributed by atoms with Gasteiger partial charge in [-0.25, -0.2) is 9.97 Å². The van der Waals surface area contributed by atoms with Gasteiger partial charge >= 0.3 is 0 Å². The van der Waals surface area contributed by atoms with Crippen LogP contribution in [0.4, 0.5) is 5.69 Å². The molecule has 1 heterocycles. The minimum atomic E-state index is 0.521. The van der Waals surface area contributed by atoms with Crippen LogP contribution in [0.15, 0.2) is 42.7 Å². The third kappa shape index (κ3) is 2.40. The Kier molecular flexibility index (Phi) is 2.99. The molecule has 100 valence electrons. The second-order valence-electron chi connectivity index (χ2n) is 4.88. The number of hydrogen-bond acceptors (Lipinski definition) is 4. The largest absolute Gasteiger partial charge is 0.438 e. The van der Waals surface area contributed by atoms with Crippen molar-refractivity contribution in [1.82, 2.24) is 9.97 Å². The van der Waals surface area contributed by atoms with Gasteiger partial charge in [0.05, 0.1) is 10.9 Å². The molecule has 4 heteroatoms. The van der Waals surface area contributed by atoms with Gasteiger partial charge in [-0.15, -0.1) is 0 Å². The zero-order chi connectivity index (χ0) is 14.1. The van der Waals surface area contributed by atoms with Gasteiger partial charge < -0.3 is 10.5 Å². The van der Waals surface area contributed by atoms with Crippen LogP contribution < -0.4 is 10.5 Å². The molecule has 0 bridgehead atoms. The number of anilines is 1. The molecule has 0 aliphatic carbocycles. The van der Waals surface area contributed by atoms with E-state index in [0.29, 0.717) is 11.6 Å². The van der Waals surface area contributed by atoms with E-state index >= 15 is 0 Å². The quantitative estimate of drug-likeness (QED) is 0.719. The fourth-order valence-corrected chi connectivity index (χ4v) is 2.24. The predicted molar refractivity (Wildman–Crippen MR) is 79.9 cm³/mol. The van der Waals surface area contributed by atoms with Gasteiger partial charge in [0.25, 0.3) is 0 Å². The van der Waals surface area contributed by atoms with E-state index in [9.17, 15) is 0 Å². The minimum Gasteiger partial charge on any atom is -0.438 e. The van der Waals surface area contributed by atoms with Crippen molar-refractivity contribution in [3.63, 3.8) is 0 Å². The lowest BCUT2D eigenvalue weighted by Crippen LogP contribution is -1.93. The summed E-state index contributed by atoms with van der Waals surface area (Å²) in [5.74, 6) is 1.29. The van der Waals surface area contributed by atoms with Crippen LogP contribution in [0, 0.1) is 13.8 Å². The molecule has 0 spiro atoms. The highest BCUT2D eigenvalue weighted by Gasteiger charge is 2.07. The Morgan fingerprint density at radius 3 is 2.45 bits per heavy atom. The maximum atomic E-state index is 5.90. The standard InChI is InChI=1S/C16H15N3O/c1-10-5-11(2)7-13(6-10)20-16-14-8-12(17)3-4-15(14)18-9-19-16/h3-9H,17H2,1-2H3. The first-order chi connectivity index (χ1) is 9.61. The number of hydrogen-bond donors (Lipinski definition) is 1. The topological polar surface area (TPSA) is 61.0 Å². The van der Waals surface area contributed by atoms with E-state index in [1.54, 1.807) is 0 Å². The lowest BCUT2D eigenvalue weighted by atomic mass is 10.1. The summed E-state index contributed by atoms with van der Waals surface area (Å²) in [5, 5.41) is 0.812. The highest BCUT2D eigenvalue weighted by molar-refractivity contribution is 5.86. The average molecular weight is 265 g/mol. The Morgan fingerprint density at radius 2 is 1.70 bits per heavy atom. The molecule has 0 saturated carbocycles. The third-order valence-electron chi connectivity index (χ3n) is 3.03. The Balaban J connectivity index is 2.08. The second kappa shape index (κ2) is 4.81. The molecular formula is C16H15N3O. The Bertz CT molecular complexity index is 764. The molecule has 0 atom stereocenters. The van der Waals surface area contributed by atoms with E-state index in [0.717, 1.165) is 27.8 Å². The number of nitrogen functional groups attached to an aromatic ring is 1. The fourth-order valence-electron chi connectivity index (χ4n) is 2.24. The number of benzene rings is 2. The maximum Gasteiger partial charge on any atom is 0.230 e. The summed E-state index contributed by atoms with van der Waals surface area (Å²) < 4.78 is 5.90. The molecule has 2 N–H and O–H groups in total. The van der Waals surface area contributed by atoms with Crippen LogP contribution in [-0.4, -0.2) is 9.97 Å². The first kappa shape index (κ1) is 12.4. The van der Waals surface area contributed by atoms with E-state index in [2.05, 4.69) is 16.0 Å². The van der Waals surface area contributed by atoms with E-state index in [-0.39, 0.29) is 0 Å². The summed E-state index contributed by atoms with van der Waals surface area (Å²) in [6.45, 7) is 4.08. The number of nitrogens with two attached hydrogens (primary N) is 1. The van der Waals surface area contributed by atoms with E-state index in [1.807, 2.05) is 44.2 Å². The zero-order valence-corrected chi connectivity index (χ0v) is 11.4. The number of aryl methyl sites for hydroxylation is 2. The van der Waals surface area contributed by atoms with Crippen molar-refractivity contribution in [2.75, 3.05) is 5.73 Å². The van der Waals surface area contributed by atoms with Crippen LogP contribution in [0.25, 0.3) is 10.9 Å². The Hall–Kier alpha value is -2.62. The van der Waals surface area contributed by atoms with Crippen LogP contribution in [0.1, 0.15) is 11.1 Å². The summed E-state index contributed by atoms with van der Waals surface area (Å²) in [4.78, 5) is 8.43. The molecule has 0 aliphatic heterocycles. The smallest absolute Gasteiger partial charge is 0.230 e. The van der Waals surface area contributed by atoms with Crippen LogP contribution in [0.3, 0.4) is 0 Å².